The standard InChI is InChI=1S/C24H26N4O3/c1-3-31-24(30)23-16-28(14-20-6-4-5-19(11-20)13-26-25)15-21(23)12-18-7-9-22(10-8-18)27-17(2)29/h4-11,13,15-16H,3,12,14,25H2,1-2H3,(H,27,29). The van der Waals surface area contributed by atoms with E-state index in [4.69, 9.17) is 10.6 Å². The molecule has 7 heteroatoms. The summed E-state index contributed by atoms with van der Waals surface area (Å²) in [5.74, 6) is 4.79. The summed E-state index contributed by atoms with van der Waals surface area (Å²) in [6.45, 7) is 4.18. The molecule has 0 saturated carbocycles. The molecule has 0 atom stereocenters. The lowest BCUT2D eigenvalue weighted by atomic mass is 10.0. The van der Waals surface area contributed by atoms with Gasteiger partial charge in [0.25, 0.3) is 0 Å². The molecular weight excluding hydrogens is 392 g/mol. The Hall–Kier alpha value is -3.87. The first-order valence-electron chi connectivity index (χ1n) is 10.0. The zero-order valence-corrected chi connectivity index (χ0v) is 17.7. The van der Waals surface area contributed by atoms with Crippen LogP contribution in [0.15, 0.2) is 66.0 Å². The smallest absolute Gasteiger partial charge is 0.339 e. The van der Waals surface area contributed by atoms with Gasteiger partial charge in [-0.1, -0.05) is 30.3 Å². The molecule has 3 aromatic rings. The second-order valence-electron chi connectivity index (χ2n) is 7.17. The summed E-state index contributed by atoms with van der Waals surface area (Å²) in [7, 11) is 0. The number of anilines is 1. The molecule has 1 amide bonds. The maximum atomic E-state index is 12.5. The second kappa shape index (κ2) is 10.2. The van der Waals surface area contributed by atoms with Crippen LogP contribution in [0.1, 0.15) is 46.5 Å². The normalized spacial score (nSPS) is 10.9. The van der Waals surface area contributed by atoms with Gasteiger partial charge >= 0.3 is 5.97 Å². The lowest BCUT2D eigenvalue weighted by Gasteiger charge is -2.06. The predicted molar refractivity (Wildman–Crippen MR) is 121 cm³/mol. The van der Waals surface area contributed by atoms with Crippen LogP contribution in [0.3, 0.4) is 0 Å². The van der Waals surface area contributed by atoms with E-state index in [-0.39, 0.29) is 11.9 Å². The maximum Gasteiger partial charge on any atom is 0.339 e. The number of aromatic nitrogens is 1. The molecule has 7 nitrogen and oxygen atoms in total. The van der Waals surface area contributed by atoms with Gasteiger partial charge in [-0.25, -0.2) is 4.79 Å². The first kappa shape index (κ1) is 21.8. The van der Waals surface area contributed by atoms with Crippen LogP contribution in [-0.4, -0.2) is 29.3 Å². The SMILES string of the molecule is CCOC(=O)c1cn(Cc2cccc(C=NN)c2)cc1Cc1ccc(NC(C)=O)cc1. The van der Waals surface area contributed by atoms with Crippen LogP contribution < -0.4 is 11.2 Å². The number of carbonyl (C=O) groups is 2. The minimum absolute atomic E-state index is 0.115. The number of nitrogens with zero attached hydrogens (tertiary/aromatic N) is 2. The van der Waals surface area contributed by atoms with E-state index in [9.17, 15) is 9.59 Å². The van der Waals surface area contributed by atoms with Crippen molar-refractivity contribution in [3.63, 3.8) is 0 Å². The van der Waals surface area contributed by atoms with E-state index in [0.29, 0.717) is 25.1 Å². The van der Waals surface area contributed by atoms with Crippen molar-refractivity contribution < 1.29 is 14.3 Å². The van der Waals surface area contributed by atoms with Gasteiger partial charge in [0.05, 0.1) is 18.4 Å². The van der Waals surface area contributed by atoms with Gasteiger partial charge in [0.1, 0.15) is 0 Å². The van der Waals surface area contributed by atoms with E-state index in [1.54, 1.807) is 13.1 Å². The topological polar surface area (TPSA) is 98.7 Å². The number of hydrazone groups is 1. The van der Waals surface area contributed by atoms with Crippen LogP contribution in [0.5, 0.6) is 0 Å². The number of nitrogens with one attached hydrogen (secondary N) is 1. The Bertz CT molecular complexity index is 1080. The van der Waals surface area contributed by atoms with Crippen molar-refractivity contribution >= 4 is 23.8 Å². The molecule has 1 aromatic heterocycles. The van der Waals surface area contributed by atoms with Gasteiger partial charge in [-0.05, 0) is 53.8 Å². The molecule has 0 radical (unpaired) electrons. The molecule has 0 aliphatic rings. The highest BCUT2D eigenvalue weighted by Gasteiger charge is 2.16. The number of amides is 1. The average molecular weight is 418 g/mol. The molecule has 0 bridgehead atoms. The number of benzene rings is 2. The van der Waals surface area contributed by atoms with Crippen LogP contribution >= 0.6 is 0 Å². The molecule has 0 spiro atoms. The molecule has 0 aliphatic heterocycles. The van der Waals surface area contributed by atoms with Gasteiger partial charge < -0.3 is 20.5 Å². The van der Waals surface area contributed by atoms with Gasteiger partial charge in [-0.2, -0.15) is 5.10 Å². The number of hydrogen-bond acceptors (Lipinski definition) is 5. The van der Waals surface area contributed by atoms with Crippen molar-refractivity contribution in [2.45, 2.75) is 26.8 Å². The Labute approximate surface area is 181 Å². The Balaban J connectivity index is 1.85. The predicted octanol–water partition coefficient (Wildman–Crippen LogP) is 3.55. The molecule has 2 aromatic carbocycles. The summed E-state index contributed by atoms with van der Waals surface area (Å²) in [5.41, 5.74) is 5.17. The van der Waals surface area contributed by atoms with Gasteiger partial charge in [-0.3, -0.25) is 4.79 Å². The van der Waals surface area contributed by atoms with Crippen LogP contribution in [0.25, 0.3) is 0 Å². The Morgan fingerprint density at radius 1 is 1.13 bits per heavy atom. The summed E-state index contributed by atoms with van der Waals surface area (Å²) >= 11 is 0. The summed E-state index contributed by atoms with van der Waals surface area (Å²) in [4.78, 5) is 23.7. The number of hydrogen-bond donors (Lipinski definition) is 2. The fourth-order valence-corrected chi connectivity index (χ4v) is 3.38. The molecule has 160 valence electrons. The van der Waals surface area contributed by atoms with Crippen LogP contribution in [0.2, 0.25) is 0 Å². The van der Waals surface area contributed by atoms with E-state index < -0.39 is 0 Å². The van der Waals surface area contributed by atoms with Crippen molar-refractivity contribution in [3.05, 3.63) is 88.7 Å². The van der Waals surface area contributed by atoms with Crippen LogP contribution in [0.4, 0.5) is 5.69 Å². The van der Waals surface area contributed by atoms with E-state index >= 15 is 0 Å². The third kappa shape index (κ3) is 6.05. The number of carbonyl (C=O) groups excluding carboxylic acids is 2. The number of nitrogens with two attached hydrogens (primary N) is 1. The number of ether oxygens (including phenoxy) is 1. The van der Waals surface area contributed by atoms with Gasteiger partial charge in [0.15, 0.2) is 0 Å². The quantitative estimate of drug-likeness (QED) is 0.253. The molecule has 0 saturated heterocycles. The lowest BCUT2D eigenvalue weighted by Crippen LogP contribution is -2.07. The zero-order valence-electron chi connectivity index (χ0n) is 17.7. The highest BCUT2D eigenvalue weighted by molar-refractivity contribution is 5.91. The molecule has 0 fully saturated rings. The monoisotopic (exact) mass is 418 g/mol. The van der Waals surface area contributed by atoms with E-state index in [2.05, 4.69) is 10.4 Å². The van der Waals surface area contributed by atoms with Crippen LogP contribution in [-0.2, 0) is 22.5 Å². The van der Waals surface area contributed by atoms with Gasteiger partial charge in [0.2, 0.25) is 5.91 Å². The van der Waals surface area contributed by atoms with Crippen molar-refractivity contribution in [3.8, 4) is 0 Å². The van der Waals surface area contributed by atoms with Crippen molar-refractivity contribution in [2.75, 3.05) is 11.9 Å². The maximum absolute atomic E-state index is 12.5. The largest absolute Gasteiger partial charge is 0.462 e. The third-order valence-electron chi connectivity index (χ3n) is 4.67. The minimum atomic E-state index is -0.338. The van der Waals surface area contributed by atoms with E-state index in [1.807, 2.05) is 65.5 Å². The minimum Gasteiger partial charge on any atom is -0.462 e. The van der Waals surface area contributed by atoms with Crippen molar-refractivity contribution in [1.29, 1.82) is 0 Å². The van der Waals surface area contributed by atoms with Crippen LogP contribution in [0, 0.1) is 0 Å². The summed E-state index contributed by atoms with van der Waals surface area (Å²) in [6.07, 6.45) is 5.96. The second-order valence-corrected chi connectivity index (χ2v) is 7.17. The molecule has 31 heavy (non-hydrogen) atoms. The highest BCUT2D eigenvalue weighted by atomic mass is 16.5. The summed E-state index contributed by atoms with van der Waals surface area (Å²) in [5, 5.41) is 6.32. The molecule has 0 unspecified atom stereocenters. The van der Waals surface area contributed by atoms with Gasteiger partial charge in [-0.15, -0.1) is 0 Å². The van der Waals surface area contributed by atoms with Crippen molar-refractivity contribution in [2.24, 2.45) is 10.9 Å². The fourth-order valence-electron chi connectivity index (χ4n) is 3.38. The van der Waals surface area contributed by atoms with Gasteiger partial charge in [0, 0.05) is 31.5 Å². The van der Waals surface area contributed by atoms with E-state index in [1.165, 1.54) is 6.92 Å². The molecule has 1 heterocycles. The van der Waals surface area contributed by atoms with E-state index in [0.717, 1.165) is 27.9 Å². The molecule has 3 N–H and O–H groups in total. The summed E-state index contributed by atoms with van der Waals surface area (Å²) < 4.78 is 7.23. The lowest BCUT2D eigenvalue weighted by molar-refractivity contribution is -0.114. The first-order chi connectivity index (χ1) is 15.0. The van der Waals surface area contributed by atoms with Crippen molar-refractivity contribution in [1.82, 2.24) is 4.57 Å². The third-order valence-corrected chi connectivity index (χ3v) is 4.67. The molecule has 0 aliphatic carbocycles. The first-order valence-corrected chi connectivity index (χ1v) is 10.0. The number of esters is 1. The molecule has 3 rings (SSSR count). The Morgan fingerprint density at radius 3 is 2.58 bits per heavy atom. The fraction of sp³-hybridized carbons (Fsp3) is 0.208. The Kier molecular flexibility index (Phi) is 7.22. The average Bonchev–Trinajstić information content (AvgIpc) is 3.12. The number of rotatable bonds is 8. The zero-order chi connectivity index (χ0) is 22.2. The Morgan fingerprint density at radius 2 is 1.90 bits per heavy atom. The highest BCUT2D eigenvalue weighted by Crippen LogP contribution is 2.20. The molecular formula is C24H26N4O3. The summed E-state index contributed by atoms with van der Waals surface area (Å²) in [6, 6.07) is 15.5.